The molecular formula is C12H15NS. The number of benzene rings is 1. The fraction of sp³-hybridized carbons (Fsp3) is 0.417. The van der Waals surface area contributed by atoms with E-state index < -0.39 is 0 Å². The summed E-state index contributed by atoms with van der Waals surface area (Å²) < 4.78 is 0. The second kappa shape index (κ2) is 4.09. The van der Waals surface area contributed by atoms with Gasteiger partial charge >= 0.3 is 0 Å². The Morgan fingerprint density at radius 3 is 2.57 bits per heavy atom. The molecule has 2 heteroatoms. The Kier molecular flexibility index (Phi) is 2.82. The SMILES string of the molecule is C[C@H](c1ccccc1)N1CCCC1=S. The molecule has 0 bridgehead atoms. The first-order valence-corrected chi connectivity index (χ1v) is 5.54. The van der Waals surface area contributed by atoms with E-state index in [0.717, 1.165) is 18.0 Å². The van der Waals surface area contributed by atoms with E-state index in [0.29, 0.717) is 6.04 Å². The van der Waals surface area contributed by atoms with Crippen molar-refractivity contribution in [3.63, 3.8) is 0 Å². The maximum absolute atomic E-state index is 5.34. The lowest BCUT2D eigenvalue weighted by Crippen LogP contribution is -2.26. The molecule has 14 heavy (non-hydrogen) atoms. The molecule has 1 saturated heterocycles. The lowest BCUT2D eigenvalue weighted by atomic mass is 10.1. The molecule has 0 N–H and O–H groups in total. The van der Waals surface area contributed by atoms with Crippen LogP contribution in [0.15, 0.2) is 30.3 Å². The van der Waals surface area contributed by atoms with Crippen LogP contribution < -0.4 is 0 Å². The molecular weight excluding hydrogens is 190 g/mol. The Bertz CT molecular complexity index is 320. The first-order valence-electron chi connectivity index (χ1n) is 5.13. The van der Waals surface area contributed by atoms with Crippen molar-refractivity contribution in [1.29, 1.82) is 0 Å². The van der Waals surface area contributed by atoms with Gasteiger partial charge in [-0.3, -0.25) is 0 Å². The number of nitrogens with zero attached hydrogens (tertiary/aromatic N) is 1. The third-order valence-electron chi connectivity index (χ3n) is 2.86. The summed E-state index contributed by atoms with van der Waals surface area (Å²) in [5, 5.41) is 0. The van der Waals surface area contributed by atoms with Crippen molar-refractivity contribution in [2.24, 2.45) is 0 Å². The topological polar surface area (TPSA) is 3.24 Å². The third-order valence-corrected chi connectivity index (χ3v) is 3.30. The average molecular weight is 205 g/mol. The van der Waals surface area contributed by atoms with Crippen LogP contribution in [0.2, 0.25) is 0 Å². The molecule has 1 fully saturated rings. The van der Waals surface area contributed by atoms with Crippen LogP contribution in [0.5, 0.6) is 0 Å². The van der Waals surface area contributed by atoms with Crippen LogP contribution in [0.25, 0.3) is 0 Å². The minimum Gasteiger partial charge on any atom is -0.359 e. The zero-order chi connectivity index (χ0) is 9.97. The van der Waals surface area contributed by atoms with Gasteiger partial charge in [0.15, 0.2) is 0 Å². The fourth-order valence-corrected chi connectivity index (χ4v) is 2.38. The van der Waals surface area contributed by atoms with Crippen molar-refractivity contribution >= 4 is 17.2 Å². The normalized spacial score (nSPS) is 18.6. The summed E-state index contributed by atoms with van der Waals surface area (Å²) in [5.41, 5.74) is 1.36. The van der Waals surface area contributed by atoms with Crippen LogP contribution in [0.3, 0.4) is 0 Å². The van der Waals surface area contributed by atoms with Gasteiger partial charge in [-0.05, 0) is 25.3 Å². The number of hydrogen-bond donors (Lipinski definition) is 0. The molecule has 0 spiro atoms. The lowest BCUT2D eigenvalue weighted by molar-refractivity contribution is 0.369. The molecule has 2 rings (SSSR count). The van der Waals surface area contributed by atoms with Gasteiger partial charge in [0.05, 0.1) is 11.0 Å². The first kappa shape index (κ1) is 9.66. The summed E-state index contributed by atoms with van der Waals surface area (Å²) >= 11 is 5.34. The molecule has 0 unspecified atom stereocenters. The van der Waals surface area contributed by atoms with E-state index in [9.17, 15) is 0 Å². The highest BCUT2D eigenvalue weighted by Gasteiger charge is 2.22. The summed E-state index contributed by atoms with van der Waals surface area (Å²) in [6, 6.07) is 11.0. The van der Waals surface area contributed by atoms with Gasteiger partial charge in [-0.15, -0.1) is 0 Å². The predicted octanol–water partition coefficient (Wildman–Crippen LogP) is 3.17. The summed E-state index contributed by atoms with van der Waals surface area (Å²) in [5.74, 6) is 0. The van der Waals surface area contributed by atoms with Crippen LogP contribution in [0, 0.1) is 0 Å². The average Bonchev–Trinajstić information content (AvgIpc) is 2.65. The highest BCUT2D eigenvalue weighted by molar-refractivity contribution is 7.80. The molecule has 1 nitrogen and oxygen atoms in total. The smallest absolute Gasteiger partial charge is 0.0785 e. The van der Waals surface area contributed by atoms with Crippen molar-refractivity contribution in [1.82, 2.24) is 4.90 Å². The van der Waals surface area contributed by atoms with Crippen LogP contribution in [-0.4, -0.2) is 16.4 Å². The molecule has 0 aliphatic carbocycles. The Hall–Kier alpha value is -0.890. The summed E-state index contributed by atoms with van der Waals surface area (Å²) in [6.07, 6.45) is 2.31. The molecule has 0 amide bonds. The largest absolute Gasteiger partial charge is 0.359 e. The van der Waals surface area contributed by atoms with Crippen molar-refractivity contribution in [3.05, 3.63) is 35.9 Å². The molecule has 0 aromatic heterocycles. The Labute approximate surface area is 90.7 Å². The lowest BCUT2D eigenvalue weighted by Gasteiger charge is -2.26. The van der Waals surface area contributed by atoms with Crippen molar-refractivity contribution in [3.8, 4) is 0 Å². The van der Waals surface area contributed by atoms with E-state index >= 15 is 0 Å². The van der Waals surface area contributed by atoms with Crippen molar-refractivity contribution in [2.45, 2.75) is 25.8 Å². The van der Waals surface area contributed by atoms with Crippen molar-refractivity contribution in [2.75, 3.05) is 6.54 Å². The minimum atomic E-state index is 0.436. The van der Waals surface area contributed by atoms with Gasteiger partial charge in [0.25, 0.3) is 0 Å². The minimum absolute atomic E-state index is 0.436. The van der Waals surface area contributed by atoms with Gasteiger partial charge in [-0.1, -0.05) is 42.5 Å². The van der Waals surface area contributed by atoms with E-state index in [1.54, 1.807) is 0 Å². The number of rotatable bonds is 2. The molecule has 0 radical (unpaired) electrons. The second-order valence-corrected chi connectivity index (χ2v) is 4.25. The van der Waals surface area contributed by atoms with Crippen LogP contribution in [0.1, 0.15) is 31.4 Å². The molecule has 1 aliphatic heterocycles. The van der Waals surface area contributed by atoms with Crippen LogP contribution >= 0.6 is 12.2 Å². The maximum Gasteiger partial charge on any atom is 0.0785 e. The summed E-state index contributed by atoms with van der Waals surface area (Å²) in [4.78, 5) is 3.46. The van der Waals surface area contributed by atoms with Crippen LogP contribution in [0.4, 0.5) is 0 Å². The Morgan fingerprint density at radius 1 is 1.29 bits per heavy atom. The molecule has 74 valence electrons. The molecule has 1 heterocycles. The van der Waals surface area contributed by atoms with E-state index in [-0.39, 0.29) is 0 Å². The maximum atomic E-state index is 5.34. The molecule has 0 saturated carbocycles. The van der Waals surface area contributed by atoms with Gasteiger partial charge in [-0.25, -0.2) is 0 Å². The second-order valence-electron chi connectivity index (χ2n) is 3.78. The van der Waals surface area contributed by atoms with Gasteiger partial charge in [0, 0.05) is 6.54 Å². The monoisotopic (exact) mass is 205 g/mol. The Balaban J connectivity index is 2.16. The van der Waals surface area contributed by atoms with E-state index in [1.165, 1.54) is 12.0 Å². The quantitative estimate of drug-likeness (QED) is 0.682. The van der Waals surface area contributed by atoms with E-state index in [1.807, 2.05) is 0 Å². The fourth-order valence-electron chi connectivity index (χ4n) is 1.99. The standard InChI is InChI=1S/C12H15NS/c1-10(11-6-3-2-4-7-11)13-9-5-8-12(13)14/h2-4,6-7,10H,5,8-9H2,1H3/t10-/m1/s1. The molecule has 1 aromatic carbocycles. The van der Waals surface area contributed by atoms with Crippen molar-refractivity contribution < 1.29 is 0 Å². The third kappa shape index (κ3) is 1.80. The van der Waals surface area contributed by atoms with E-state index in [4.69, 9.17) is 12.2 Å². The summed E-state index contributed by atoms with van der Waals surface area (Å²) in [7, 11) is 0. The van der Waals surface area contributed by atoms with Gasteiger partial charge in [-0.2, -0.15) is 0 Å². The predicted molar refractivity (Wildman–Crippen MR) is 63.4 cm³/mol. The van der Waals surface area contributed by atoms with Gasteiger partial charge in [0.1, 0.15) is 0 Å². The number of likely N-dealkylation sites (tertiary alicyclic amines) is 1. The summed E-state index contributed by atoms with van der Waals surface area (Å²) in [6.45, 7) is 3.35. The zero-order valence-corrected chi connectivity index (χ0v) is 9.26. The van der Waals surface area contributed by atoms with Crippen LogP contribution in [-0.2, 0) is 0 Å². The Morgan fingerprint density at radius 2 is 2.00 bits per heavy atom. The van der Waals surface area contributed by atoms with Gasteiger partial charge in [0.2, 0.25) is 0 Å². The molecule has 1 aromatic rings. The van der Waals surface area contributed by atoms with Gasteiger partial charge < -0.3 is 4.90 Å². The highest BCUT2D eigenvalue weighted by Crippen LogP contribution is 2.25. The molecule has 1 aliphatic rings. The molecule has 1 atom stereocenters. The number of hydrogen-bond acceptors (Lipinski definition) is 1. The first-order chi connectivity index (χ1) is 6.79. The number of thiocarbonyl (C=S) groups is 1. The zero-order valence-electron chi connectivity index (χ0n) is 8.44. The van der Waals surface area contributed by atoms with E-state index in [2.05, 4.69) is 42.2 Å². The highest BCUT2D eigenvalue weighted by atomic mass is 32.1.